The van der Waals surface area contributed by atoms with Crippen molar-refractivity contribution in [2.75, 3.05) is 13.6 Å². The van der Waals surface area contributed by atoms with Crippen LogP contribution in [-0.4, -0.2) is 24.4 Å². The first-order valence-electron chi connectivity index (χ1n) is 2.29. The molecule has 0 rings (SSSR count). The van der Waals surface area contributed by atoms with Crippen LogP contribution in [0.1, 0.15) is 0 Å². The Balaban J connectivity index is 3.78. The van der Waals surface area contributed by atoms with E-state index in [2.05, 4.69) is 6.58 Å². The van der Waals surface area contributed by atoms with Gasteiger partial charge in [-0.3, -0.25) is 9.69 Å². The van der Waals surface area contributed by atoms with Gasteiger partial charge in [-0.25, -0.2) is 8.78 Å². The second-order valence-corrected chi connectivity index (χ2v) is 1.32. The number of rotatable bonds is 3. The third kappa shape index (κ3) is 2.21. The van der Waals surface area contributed by atoms with Gasteiger partial charge in [-0.15, -0.1) is 0 Å². The molecular formula is C5H7F2NO. The van der Waals surface area contributed by atoms with Crippen LogP contribution in [0.2, 0.25) is 0 Å². The van der Waals surface area contributed by atoms with Crippen LogP contribution in [0.25, 0.3) is 0 Å². The summed E-state index contributed by atoms with van der Waals surface area (Å²) in [7, 11) is 0. The van der Waals surface area contributed by atoms with Crippen molar-refractivity contribution >= 4 is 5.91 Å². The van der Waals surface area contributed by atoms with E-state index in [1.807, 2.05) is 0 Å². The molecule has 0 N–H and O–H groups in total. The summed E-state index contributed by atoms with van der Waals surface area (Å²) in [5.74, 6) is -0.736. The van der Waals surface area contributed by atoms with E-state index in [0.29, 0.717) is 4.90 Å². The number of halogens is 2. The van der Waals surface area contributed by atoms with Gasteiger partial charge in [0.2, 0.25) is 5.91 Å². The van der Waals surface area contributed by atoms with Gasteiger partial charge in [0.15, 0.2) is 13.6 Å². The number of nitrogens with zero attached hydrogens (tertiary/aromatic N) is 1. The third-order valence-electron chi connectivity index (χ3n) is 0.775. The van der Waals surface area contributed by atoms with Crippen molar-refractivity contribution in [2.24, 2.45) is 0 Å². The smallest absolute Gasteiger partial charge is 0.250 e. The zero-order valence-corrected chi connectivity index (χ0v) is 4.81. The highest BCUT2D eigenvalue weighted by Crippen LogP contribution is 1.90. The van der Waals surface area contributed by atoms with Gasteiger partial charge < -0.3 is 0 Å². The van der Waals surface area contributed by atoms with E-state index in [4.69, 9.17) is 0 Å². The van der Waals surface area contributed by atoms with Gasteiger partial charge in [0.25, 0.3) is 0 Å². The van der Waals surface area contributed by atoms with Crippen molar-refractivity contribution in [2.45, 2.75) is 0 Å². The molecule has 0 saturated heterocycles. The van der Waals surface area contributed by atoms with E-state index in [9.17, 15) is 13.6 Å². The normalized spacial score (nSPS) is 8.67. The van der Waals surface area contributed by atoms with Crippen LogP contribution < -0.4 is 0 Å². The summed E-state index contributed by atoms with van der Waals surface area (Å²) >= 11 is 0. The van der Waals surface area contributed by atoms with Crippen LogP contribution in [0.5, 0.6) is 0 Å². The molecule has 0 saturated carbocycles. The highest BCUT2D eigenvalue weighted by atomic mass is 19.1. The maximum Gasteiger partial charge on any atom is 0.250 e. The lowest BCUT2D eigenvalue weighted by atomic mass is 10.5. The fourth-order valence-corrected chi connectivity index (χ4v) is 0.279. The summed E-state index contributed by atoms with van der Waals surface area (Å²) in [6.07, 6.45) is 0.860. The molecule has 4 heteroatoms. The van der Waals surface area contributed by atoms with E-state index in [-0.39, 0.29) is 0 Å². The summed E-state index contributed by atoms with van der Waals surface area (Å²) in [6, 6.07) is 0. The van der Waals surface area contributed by atoms with Crippen molar-refractivity contribution < 1.29 is 13.6 Å². The number of hydrogen-bond donors (Lipinski definition) is 0. The van der Waals surface area contributed by atoms with Crippen molar-refractivity contribution in [1.29, 1.82) is 0 Å². The molecule has 1 amide bonds. The van der Waals surface area contributed by atoms with Gasteiger partial charge in [0.05, 0.1) is 0 Å². The Hall–Kier alpha value is -0.930. The Morgan fingerprint density at radius 1 is 1.56 bits per heavy atom. The predicted molar refractivity (Wildman–Crippen MR) is 29.0 cm³/mol. The van der Waals surface area contributed by atoms with Crippen LogP contribution >= 0.6 is 0 Å². The molecule has 0 aromatic carbocycles. The molecule has 0 fully saturated rings. The first-order chi connectivity index (χ1) is 4.26. The predicted octanol–water partition coefficient (Wildman–Crippen LogP) is 0.855. The largest absolute Gasteiger partial charge is 0.283 e. The van der Waals surface area contributed by atoms with Gasteiger partial charge in [0.1, 0.15) is 0 Å². The van der Waals surface area contributed by atoms with E-state index in [0.717, 1.165) is 6.08 Å². The van der Waals surface area contributed by atoms with Crippen molar-refractivity contribution in [1.82, 2.24) is 4.90 Å². The molecule has 2 nitrogen and oxygen atoms in total. The minimum Gasteiger partial charge on any atom is -0.283 e. The molecule has 0 aliphatic heterocycles. The van der Waals surface area contributed by atoms with Crippen LogP contribution in [0.3, 0.4) is 0 Å². The molecule has 0 radical (unpaired) electrons. The molecule has 0 aromatic heterocycles. The molecular weight excluding hydrogens is 128 g/mol. The molecule has 0 heterocycles. The van der Waals surface area contributed by atoms with E-state index in [1.54, 1.807) is 0 Å². The Kier molecular flexibility index (Phi) is 3.59. The summed E-state index contributed by atoms with van der Waals surface area (Å²) in [4.78, 5) is 10.7. The SMILES string of the molecule is C=CC(=O)N(CF)CF. The Labute approximate surface area is 51.8 Å². The monoisotopic (exact) mass is 135 g/mol. The number of hydrogen-bond acceptors (Lipinski definition) is 1. The highest BCUT2D eigenvalue weighted by molar-refractivity contribution is 5.86. The number of carbonyl (C=O) groups is 1. The Morgan fingerprint density at radius 3 is 2.11 bits per heavy atom. The molecule has 0 aromatic rings. The minimum absolute atomic E-state index is 0.382. The molecule has 52 valence electrons. The maximum atomic E-state index is 11.5. The van der Waals surface area contributed by atoms with Gasteiger partial charge >= 0.3 is 0 Å². The van der Waals surface area contributed by atoms with E-state index < -0.39 is 19.5 Å². The highest BCUT2D eigenvalue weighted by Gasteiger charge is 2.06. The number of carbonyl (C=O) groups excluding carboxylic acids is 1. The van der Waals surface area contributed by atoms with Crippen LogP contribution in [0, 0.1) is 0 Å². The average molecular weight is 135 g/mol. The fourth-order valence-electron chi connectivity index (χ4n) is 0.279. The molecule has 0 aliphatic carbocycles. The first kappa shape index (κ1) is 8.07. The van der Waals surface area contributed by atoms with Gasteiger partial charge in [0, 0.05) is 0 Å². The van der Waals surface area contributed by atoms with Crippen molar-refractivity contribution in [3.63, 3.8) is 0 Å². The quantitative estimate of drug-likeness (QED) is 0.415. The standard InChI is InChI=1S/C5H7F2NO/c1-2-5(9)8(3-6)4-7/h2H,1,3-4H2. The Bertz CT molecular complexity index is 112. The summed E-state index contributed by atoms with van der Waals surface area (Å²) in [5.41, 5.74) is 0. The van der Waals surface area contributed by atoms with E-state index >= 15 is 0 Å². The molecule has 0 unspecified atom stereocenters. The average Bonchev–Trinajstić information content (AvgIpc) is 1.90. The van der Waals surface area contributed by atoms with Crippen LogP contribution in [0.4, 0.5) is 8.78 Å². The molecule has 0 aliphatic rings. The zero-order valence-electron chi connectivity index (χ0n) is 4.81. The molecule has 9 heavy (non-hydrogen) atoms. The molecule has 0 spiro atoms. The number of alkyl halides is 2. The number of amides is 1. The van der Waals surface area contributed by atoms with Gasteiger partial charge in [-0.2, -0.15) is 0 Å². The first-order valence-corrected chi connectivity index (χ1v) is 2.29. The summed E-state index contributed by atoms with van der Waals surface area (Å²) in [5, 5.41) is 0. The van der Waals surface area contributed by atoms with Gasteiger partial charge in [-0.1, -0.05) is 6.58 Å². The summed E-state index contributed by atoms with van der Waals surface area (Å²) < 4.78 is 23.0. The van der Waals surface area contributed by atoms with Crippen molar-refractivity contribution in [3.8, 4) is 0 Å². The minimum atomic E-state index is -1.11. The fraction of sp³-hybridized carbons (Fsp3) is 0.400. The lowest BCUT2D eigenvalue weighted by molar-refractivity contribution is -0.129. The second-order valence-electron chi connectivity index (χ2n) is 1.32. The zero-order chi connectivity index (χ0) is 7.28. The molecule has 0 atom stereocenters. The lowest BCUT2D eigenvalue weighted by Gasteiger charge is -2.09. The van der Waals surface area contributed by atoms with Crippen LogP contribution in [0.15, 0.2) is 12.7 Å². The van der Waals surface area contributed by atoms with Gasteiger partial charge in [-0.05, 0) is 6.08 Å². The molecule has 0 bridgehead atoms. The summed E-state index contributed by atoms with van der Waals surface area (Å²) in [6.45, 7) is 0.833. The second kappa shape index (κ2) is 4.00. The Morgan fingerprint density at radius 2 is 2.00 bits per heavy atom. The maximum absolute atomic E-state index is 11.5. The van der Waals surface area contributed by atoms with Crippen LogP contribution in [-0.2, 0) is 4.79 Å². The third-order valence-corrected chi connectivity index (χ3v) is 0.775. The lowest BCUT2D eigenvalue weighted by Crippen LogP contribution is -2.27. The van der Waals surface area contributed by atoms with E-state index in [1.165, 1.54) is 0 Å². The van der Waals surface area contributed by atoms with Crippen molar-refractivity contribution in [3.05, 3.63) is 12.7 Å². The topological polar surface area (TPSA) is 20.3 Å².